The molecule has 108 valence electrons. The lowest BCUT2D eigenvalue weighted by Gasteiger charge is -2.17. The number of hydrogen-bond donors (Lipinski definition) is 1. The molecular weight excluding hydrogens is 274 g/mol. The van der Waals surface area contributed by atoms with Gasteiger partial charge >= 0.3 is 0 Å². The minimum Gasteiger partial charge on any atom is -0.487 e. The van der Waals surface area contributed by atoms with Crippen molar-refractivity contribution in [3.63, 3.8) is 0 Å². The van der Waals surface area contributed by atoms with Crippen LogP contribution in [-0.4, -0.2) is 16.3 Å². The molecule has 5 heteroatoms. The van der Waals surface area contributed by atoms with Crippen LogP contribution in [0.4, 0.5) is 0 Å². The Hall–Kier alpha value is -1.52. The van der Waals surface area contributed by atoms with E-state index in [1.165, 1.54) is 0 Å². The summed E-state index contributed by atoms with van der Waals surface area (Å²) in [7, 11) is 1.89. The van der Waals surface area contributed by atoms with Crippen LogP contribution in [0.5, 0.6) is 5.75 Å². The minimum atomic E-state index is 0.192. The van der Waals surface area contributed by atoms with Gasteiger partial charge in [0.1, 0.15) is 12.4 Å². The van der Waals surface area contributed by atoms with Gasteiger partial charge in [-0.15, -0.1) is 0 Å². The first kappa shape index (κ1) is 14.9. The Labute approximate surface area is 124 Å². The summed E-state index contributed by atoms with van der Waals surface area (Å²) in [6, 6.07) is 7.84. The van der Waals surface area contributed by atoms with E-state index in [4.69, 9.17) is 16.3 Å². The SMILES string of the molecule is CCNC(C)c1cc(Cl)ccc1OCc1ccn(C)n1. The molecule has 2 aromatic rings. The Bertz CT molecular complexity index is 568. The van der Waals surface area contributed by atoms with Crippen molar-refractivity contribution < 1.29 is 4.74 Å². The molecule has 0 amide bonds. The third-order valence-electron chi connectivity index (χ3n) is 3.09. The minimum absolute atomic E-state index is 0.192. The molecule has 1 aromatic heterocycles. The Morgan fingerprint density at radius 2 is 2.20 bits per heavy atom. The van der Waals surface area contributed by atoms with Crippen LogP contribution in [0, 0.1) is 0 Å². The van der Waals surface area contributed by atoms with Crippen molar-refractivity contribution in [2.75, 3.05) is 6.54 Å². The van der Waals surface area contributed by atoms with Gasteiger partial charge in [-0.25, -0.2) is 0 Å². The number of aryl methyl sites for hydroxylation is 1. The van der Waals surface area contributed by atoms with Crippen molar-refractivity contribution >= 4 is 11.6 Å². The molecule has 1 heterocycles. The summed E-state index contributed by atoms with van der Waals surface area (Å²) >= 11 is 6.08. The fourth-order valence-corrected chi connectivity index (χ4v) is 2.28. The van der Waals surface area contributed by atoms with E-state index in [9.17, 15) is 0 Å². The van der Waals surface area contributed by atoms with Crippen LogP contribution in [0.3, 0.4) is 0 Å². The Kier molecular flexibility index (Phi) is 5.04. The van der Waals surface area contributed by atoms with Gasteiger partial charge in [-0.2, -0.15) is 5.10 Å². The molecule has 20 heavy (non-hydrogen) atoms. The summed E-state index contributed by atoms with van der Waals surface area (Å²) in [5.41, 5.74) is 1.97. The summed E-state index contributed by atoms with van der Waals surface area (Å²) in [6.45, 7) is 5.53. The lowest BCUT2D eigenvalue weighted by Crippen LogP contribution is -2.18. The monoisotopic (exact) mass is 293 g/mol. The predicted octanol–water partition coefficient (Wildman–Crippen LogP) is 3.32. The van der Waals surface area contributed by atoms with Gasteiger partial charge in [0.05, 0.1) is 5.69 Å². The summed E-state index contributed by atoms with van der Waals surface area (Å²) < 4.78 is 7.65. The average molecular weight is 294 g/mol. The molecule has 0 bridgehead atoms. The molecule has 0 radical (unpaired) electrons. The number of nitrogens with one attached hydrogen (secondary N) is 1. The second-order valence-electron chi connectivity index (χ2n) is 4.73. The highest BCUT2D eigenvalue weighted by Gasteiger charge is 2.12. The van der Waals surface area contributed by atoms with Gasteiger partial charge in [-0.05, 0) is 37.7 Å². The molecule has 1 atom stereocenters. The second kappa shape index (κ2) is 6.77. The van der Waals surface area contributed by atoms with E-state index in [-0.39, 0.29) is 6.04 Å². The normalized spacial score (nSPS) is 12.4. The van der Waals surface area contributed by atoms with Gasteiger partial charge in [-0.1, -0.05) is 18.5 Å². The van der Waals surface area contributed by atoms with Crippen molar-refractivity contribution in [3.05, 3.63) is 46.7 Å². The Morgan fingerprint density at radius 3 is 2.85 bits per heavy atom. The first-order chi connectivity index (χ1) is 9.60. The van der Waals surface area contributed by atoms with Gasteiger partial charge in [0.15, 0.2) is 0 Å². The average Bonchev–Trinajstić information content (AvgIpc) is 2.83. The van der Waals surface area contributed by atoms with Crippen LogP contribution in [0.15, 0.2) is 30.5 Å². The first-order valence-electron chi connectivity index (χ1n) is 6.74. The Morgan fingerprint density at radius 1 is 1.40 bits per heavy atom. The molecule has 0 aliphatic heterocycles. The van der Waals surface area contributed by atoms with Gasteiger partial charge in [0.2, 0.25) is 0 Å². The number of nitrogens with zero attached hydrogens (tertiary/aromatic N) is 2. The van der Waals surface area contributed by atoms with E-state index >= 15 is 0 Å². The molecule has 1 N–H and O–H groups in total. The number of halogens is 1. The lowest BCUT2D eigenvalue weighted by molar-refractivity contribution is 0.294. The van der Waals surface area contributed by atoms with Crippen molar-refractivity contribution in [2.45, 2.75) is 26.5 Å². The first-order valence-corrected chi connectivity index (χ1v) is 7.12. The van der Waals surface area contributed by atoms with Crippen LogP contribution in [0.1, 0.15) is 31.1 Å². The molecule has 4 nitrogen and oxygen atoms in total. The third-order valence-corrected chi connectivity index (χ3v) is 3.33. The van der Waals surface area contributed by atoms with E-state index < -0.39 is 0 Å². The molecule has 1 unspecified atom stereocenters. The quantitative estimate of drug-likeness (QED) is 0.888. The molecule has 0 spiro atoms. The zero-order chi connectivity index (χ0) is 14.5. The molecule has 0 saturated heterocycles. The van der Waals surface area contributed by atoms with E-state index in [2.05, 4.69) is 24.3 Å². The molecule has 1 aromatic carbocycles. The number of aromatic nitrogens is 2. The highest BCUT2D eigenvalue weighted by atomic mass is 35.5. The van der Waals surface area contributed by atoms with Gasteiger partial charge in [0.25, 0.3) is 0 Å². The molecule has 0 saturated carbocycles. The van der Waals surface area contributed by atoms with Crippen molar-refractivity contribution in [2.24, 2.45) is 7.05 Å². The van der Waals surface area contributed by atoms with Gasteiger partial charge in [-0.3, -0.25) is 4.68 Å². The lowest BCUT2D eigenvalue weighted by atomic mass is 10.1. The van der Waals surface area contributed by atoms with Crippen molar-refractivity contribution in [1.82, 2.24) is 15.1 Å². The highest BCUT2D eigenvalue weighted by molar-refractivity contribution is 6.30. The van der Waals surface area contributed by atoms with Crippen molar-refractivity contribution in [3.8, 4) is 5.75 Å². The zero-order valence-corrected chi connectivity index (χ0v) is 12.8. The second-order valence-corrected chi connectivity index (χ2v) is 5.17. The zero-order valence-electron chi connectivity index (χ0n) is 12.1. The molecule has 0 fully saturated rings. The number of benzene rings is 1. The maximum absolute atomic E-state index is 6.08. The summed E-state index contributed by atoms with van der Waals surface area (Å²) in [6.07, 6.45) is 1.91. The highest BCUT2D eigenvalue weighted by Crippen LogP contribution is 2.28. The van der Waals surface area contributed by atoms with Crippen LogP contribution >= 0.6 is 11.6 Å². The fraction of sp³-hybridized carbons (Fsp3) is 0.400. The van der Waals surface area contributed by atoms with Crippen LogP contribution < -0.4 is 10.1 Å². The molecular formula is C15H20ClN3O. The standard InChI is InChI=1S/C15H20ClN3O/c1-4-17-11(2)14-9-12(16)5-6-15(14)20-10-13-7-8-19(3)18-13/h5-9,11,17H,4,10H2,1-3H3. The largest absolute Gasteiger partial charge is 0.487 e. The smallest absolute Gasteiger partial charge is 0.132 e. The van der Waals surface area contributed by atoms with Gasteiger partial charge < -0.3 is 10.1 Å². The van der Waals surface area contributed by atoms with Crippen LogP contribution in [-0.2, 0) is 13.7 Å². The summed E-state index contributed by atoms with van der Waals surface area (Å²) in [5.74, 6) is 0.841. The van der Waals surface area contributed by atoms with Gasteiger partial charge in [0, 0.05) is 29.9 Å². The number of rotatable bonds is 6. The molecule has 0 aliphatic rings. The van der Waals surface area contributed by atoms with E-state index in [0.717, 1.165) is 28.6 Å². The van der Waals surface area contributed by atoms with Crippen LogP contribution in [0.2, 0.25) is 5.02 Å². The number of ether oxygens (including phenoxy) is 1. The summed E-state index contributed by atoms with van der Waals surface area (Å²) in [4.78, 5) is 0. The number of hydrogen-bond acceptors (Lipinski definition) is 3. The topological polar surface area (TPSA) is 39.1 Å². The van der Waals surface area contributed by atoms with E-state index in [0.29, 0.717) is 6.61 Å². The van der Waals surface area contributed by atoms with Crippen LogP contribution in [0.25, 0.3) is 0 Å². The molecule has 0 aliphatic carbocycles. The fourth-order valence-electron chi connectivity index (χ4n) is 2.10. The summed E-state index contributed by atoms with van der Waals surface area (Å²) in [5, 5.41) is 8.39. The predicted molar refractivity (Wildman–Crippen MR) is 81.1 cm³/mol. The maximum Gasteiger partial charge on any atom is 0.132 e. The van der Waals surface area contributed by atoms with Crippen molar-refractivity contribution in [1.29, 1.82) is 0 Å². The maximum atomic E-state index is 6.08. The molecule has 2 rings (SSSR count). The third kappa shape index (κ3) is 3.74. The van der Waals surface area contributed by atoms with E-state index in [1.54, 1.807) is 4.68 Å². The van der Waals surface area contributed by atoms with E-state index in [1.807, 2.05) is 37.5 Å². The Balaban J connectivity index is 2.13.